The van der Waals surface area contributed by atoms with Gasteiger partial charge in [0.2, 0.25) is 0 Å². The number of hydrogen-bond acceptors (Lipinski definition) is 4. The van der Waals surface area contributed by atoms with Crippen LogP contribution in [0.25, 0.3) is 5.69 Å². The molecule has 1 N–H and O–H groups in total. The van der Waals surface area contributed by atoms with E-state index in [4.69, 9.17) is 4.74 Å². The first-order chi connectivity index (χ1) is 14.6. The molecule has 164 valence electrons. The van der Waals surface area contributed by atoms with E-state index in [9.17, 15) is 27.5 Å². The predicted octanol–water partition coefficient (Wildman–Crippen LogP) is 3.54. The van der Waals surface area contributed by atoms with E-state index in [0.717, 1.165) is 24.3 Å². The molecule has 1 atom stereocenters. The summed E-state index contributed by atoms with van der Waals surface area (Å²) in [6, 6.07) is 11.3. The monoisotopic (exact) mass is 437 g/mol. The maximum atomic E-state index is 13.4. The molecule has 10 heteroatoms. The predicted molar refractivity (Wildman–Crippen MR) is 103 cm³/mol. The second-order valence-corrected chi connectivity index (χ2v) is 6.80. The third-order valence-corrected chi connectivity index (χ3v) is 4.34. The van der Waals surface area contributed by atoms with Gasteiger partial charge in [-0.3, -0.25) is 4.79 Å². The molecular weight excluding hydrogens is 418 g/mol. The van der Waals surface area contributed by atoms with Crippen LogP contribution in [0.15, 0.2) is 60.8 Å². The lowest BCUT2D eigenvalue weighted by molar-refractivity contribution is -0.137. The molecule has 1 aromatic heterocycles. The average molecular weight is 437 g/mol. The number of hydrogen-bond donors (Lipinski definition) is 1. The van der Waals surface area contributed by atoms with Gasteiger partial charge >= 0.3 is 6.18 Å². The highest BCUT2D eigenvalue weighted by atomic mass is 19.4. The minimum atomic E-state index is -4.44. The lowest BCUT2D eigenvalue weighted by Gasteiger charge is -2.20. The minimum absolute atomic E-state index is 0.0910. The van der Waals surface area contributed by atoms with E-state index in [1.54, 1.807) is 6.07 Å². The summed E-state index contributed by atoms with van der Waals surface area (Å²) in [4.78, 5) is 13.8. The molecular formula is C21H19F4N3O3. The van der Waals surface area contributed by atoms with Gasteiger partial charge in [0.05, 0.1) is 11.3 Å². The lowest BCUT2D eigenvalue weighted by Crippen LogP contribution is -2.37. The molecule has 0 aliphatic carbocycles. The summed E-state index contributed by atoms with van der Waals surface area (Å²) in [5.74, 6) is -0.743. The Morgan fingerprint density at radius 1 is 1.19 bits per heavy atom. The van der Waals surface area contributed by atoms with Crippen molar-refractivity contribution in [3.8, 4) is 11.4 Å². The largest absolute Gasteiger partial charge is 0.491 e. The number of nitrogens with zero attached hydrogens (tertiary/aromatic N) is 3. The number of halogens is 4. The third-order valence-electron chi connectivity index (χ3n) is 4.34. The van der Waals surface area contributed by atoms with Crippen LogP contribution in [-0.4, -0.2) is 52.0 Å². The molecule has 1 amide bonds. The van der Waals surface area contributed by atoms with Gasteiger partial charge in [-0.25, -0.2) is 9.07 Å². The average Bonchev–Trinajstić information content (AvgIpc) is 3.21. The van der Waals surface area contributed by atoms with E-state index in [1.165, 1.54) is 47.1 Å². The molecule has 0 bridgehead atoms. The number of carbonyl (C=O) groups excluding carboxylic acids is 1. The van der Waals surface area contributed by atoms with Crippen LogP contribution in [0, 0.1) is 5.82 Å². The number of aliphatic hydroxyl groups excluding tert-OH is 1. The van der Waals surface area contributed by atoms with Crippen LogP contribution >= 0.6 is 0 Å². The van der Waals surface area contributed by atoms with Crippen LogP contribution in [0.4, 0.5) is 17.6 Å². The SMILES string of the molecule is CN(CC(O)COc1ccc(C(F)(F)F)cc1)C(=O)c1ccn(-c2cccc(F)c2)n1. The quantitative estimate of drug-likeness (QED) is 0.575. The second kappa shape index (κ2) is 9.17. The Bertz CT molecular complexity index is 1030. The number of likely N-dealkylation sites (N-methyl/N-ethyl adjacent to an activating group) is 1. The van der Waals surface area contributed by atoms with E-state index < -0.39 is 29.6 Å². The summed E-state index contributed by atoms with van der Waals surface area (Å²) in [7, 11) is 1.46. The Morgan fingerprint density at radius 2 is 1.90 bits per heavy atom. The Morgan fingerprint density at radius 3 is 2.55 bits per heavy atom. The Hall–Kier alpha value is -3.40. The minimum Gasteiger partial charge on any atom is -0.491 e. The summed E-state index contributed by atoms with van der Waals surface area (Å²) in [6.07, 6.45) is -4.01. The number of amides is 1. The first-order valence-corrected chi connectivity index (χ1v) is 9.18. The highest BCUT2D eigenvalue weighted by Gasteiger charge is 2.30. The van der Waals surface area contributed by atoms with Crippen LogP contribution in [0.5, 0.6) is 5.75 Å². The van der Waals surface area contributed by atoms with Crippen LogP contribution in [0.3, 0.4) is 0 Å². The summed E-state index contributed by atoms with van der Waals surface area (Å²) >= 11 is 0. The highest BCUT2D eigenvalue weighted by molar-refractivity contribution is 5.92. The molecule has 3 rings (SSSR count). The van der Waals surface area contributed by atoms with Crippen molar-refractivity contribution in [2.45, 2.75) is 12.3 Å². The number of rotatable bonds is 7. The fourth-order valence-corrected chi connectivity index (χ4v) is 2.78. The first-order valence-electron chi connectivity index (χ1n) is 9.18. The van der Waals surface area contributed by atoms with Crippen molar-refractivity contribution in [2.75, 3.05) is 20.2 Å². The van der Waals surface area contributed by atoms with Crippen molar-refractivity contribution in [1.29, 1.82) is 0 Å². The normalized spacial score (nSPS) is 12.5. The Balaban J connectivity index is 1.53. The van der Waals surface area contributed by atoms with E-state index in [1.807, 2.05) is 0 Å². The van der Waals surface area contributed by atoms with Crippen LogP contribution < -0.4 is 4.74 Å². The van der Waals surface area contributed by atoms with Gasteiger partial charge in [-0.2, -0.15) is 18.3 Å². The van der Waals surface area contributed by atoms with Gasteiger partial charge in [0.1, 0.15) is 24.3 Å². The first kappa shape index (κ1) is 22.3. The van der Waals surface area contributed by atoms with E-state index in [-0.39, 0.29) is 24.6 Å². The van der Waals surface area contributed by atoms with Crippen molar-refractivity contribution in [3.63, 3.8) is 0 Å². The molecule has 3 aromatic rings. The zero-order valence-electron chi connectivity index (χ0n) is 16.4. The maximum Gasteiger partial charge on any atom is 0.416 e. The molecule has 1 unspecified atom stereocenters. The lowest BCUT2D eigenvalue weighted by atomic mass is 10.2. The molecule has 0 spiro atoms. The molecule has 31 heavy (non-hydrogen) atoms. The summed E-state index contributed by atoms with van der Waals surface area (Å²) in [6.45, 7) is -0.312. The maximum absolute atomic E-state index is 13.4. The number of benzene rings is 2. The number of alkyl halides is 3. The van der Waals surface area contributed by atoms with E-state index >= 15 is 0 Å². The molecule has 6 nitrogen and oxygen atoms in total. The van der Waals surface area contributed by atoms with Gasteiger partial charge in [0.25, 0.3) is 5.91 Å². The second-order valence-electron chi connectivity index (χ2n) is 6.80. The van der Waals surface area contributed by atoms with Crippen molar-refractivity contribution >= 4 is 5.91 Å². The molecule has 0 aliphatic heterocycles. The van der Waals surface area contributed by atoms with Crippen molar-refractivity contribution in [1.82, 2.24) is 14.7 Å². The van der Waals surface area contributed by atoms with Crippen molar-refractivity contribution in [3.05, 3.63) is 77.9 Å². The molecule has 0 fully saturated rings. The molecule has 0 radical (unpaired) electrons. The zero-order valence-corrected chi connectivity index (χ0v) is 16.4. The van der Waals surface area contributed by atoms with Gasteiger partial charge in [0.15, 0.2) is 5.69 Å². The summed E-state index contributed by atoms with van der Waals surface area (Å²) in [5.41, 5.74) is -0.252. The third kappa shape index (κ3) is 5.82. The Kier molecular flexibility index (Phi) is 6.59. The van der Waals surface area contributed by atoms with Crippen LogP contribution in [0.2, 0.25) is 0 Å². The molecule has 0 saturated carbocycles. The smallest absolute Gasteiger partial charge is 0.416 e. The van der Waals surface area contributed by atoms with Gasteiger partial charge in [-0.1, -0.05) is 6.07 Å². The van der Waals surface area contributed by atoms with Crippen LogP contribution in [0.1, 0.15) is 16.1 Å². The summed E-state index contributed by atoms with van der Waals surface area (Å²) < 4.78 is 57.7. The fourth-order valence-electron chi connectivity index (χ4n) is 2.78. The van der Waals surface area contributed by atoms with Gasteiger partial charge in [-0.15, -0.1) is 0 Å². The Labute approximate surface area is 175 Å². The van der Waals surface area contributed by atoms with Crippen molar-refractivity contribution < 1.29 is 32.2 Å². The number of aliphatic hydroxyl groups is 1. The standard InChI is InChI=1S/C21H19F4N3O3/c1-27(12-17(29)13-31-18-7-5-14(6-8-18)21(23,24)25)20(30)19-9-10-28(26-19)16-4-2-3-15(22)11-16/h2-11,17,29H,12-13H2,1H3. The molecule has 2 aromatic carbocycles. The van der Waals surface area contributed by atoms with Crippen molar-refractivity contribution in [2.24, 2.45) is 0 Å². The topological polar surface area (TPSA) is 67.6 Å². The summed E-state index contributed by atoms with van der Waals surface area (Å²) in [5, 5.41) is 14.2. The fraction of sp³-hybridized carbons (Fsp3) is 0.238. The van der Waals surface area contributed by atoms with E-state index in [2.05, 4.69) is 5.10 Å². The molecule has 0 aliphatic rings. The zero-order chi connectivity index (χ0) is 22.6. The number of carbonyl (C=O) groups is 1. The van der Waals surface area contributed by atoms with Gasteiger partial charge in [-0.05, 0) is 48.5 Å². The highest BCUT2D eigenvalue weighted by Crippen LogP contribution is 2.30. The number of aromatic nitrogens is 2. The number of ether oxygens (including phenoxy) is 1. The molecule has 1 heterocycles. The molecule has 0 saturated heterocycles. The van der Waals surface area contributed by atoms with Crippen LogP contribution in [-0.2, 0) is 6.18 Å². The van der Waals surface area contributed by atoms with Gasteiger partial charge in [0, 0.05) is 19.8 Å². The van der Waals surface area contributed by atoms with E-state index in [0.29, 0.717) is 5.69 Å². The van der Waals surface area contributed by atoms with Gasteiger partial charge < -0.3 is 14.7 Å².